The molecular weight excluding hydrogens is 403 g/mol. The number of hydrogen-bond donors (Lipinski definition) is 1. The smallest absolute Gasteiger partial charge is 0.365 e. The number of nitro benzene ring substituents is 1. The lowest BCUT2D eigenvalue weighted by Crippen LogP contribution is -2.44. The average Bonchev–Trinajstić information content (AvgIpc) is 3.00. The van der Waals surface area contributed by atoms with Gasteiger partial charge in [0.25, 0.3) is 11.6 Å². The van der Waals surface area contributed by atoms with Gasteiger partial charge < -0.3 is 5.11 Å². The Kier molecular flexibility index (Phi) is 4.86. The number of alkyl halides is 3. The van der Waals surface area contributed by atoms with Gasteiger partial charge >= 0.3 is 6.18 Å². The Bertz CT molecular complexity index is 978. The van der Waals surface area contributed by atoms with Crippen LogP contribution in [-0.4, -0.2) is 32.8 Å². The molecule has 0 aliphatic carbocycles. The van der Waals surface area contributed by atoms with Gasteiger partial charge in [-0.1, -0.05) is 35.9 Å². The van der Waals surface area contributed by atoms with Gasteiger partial charge in [0, 0.05) is 16.7 Å². The molecule has 0 saturated heterocycles. The fourth-order valence-electron chi connectivity index (χ4n) is 2.79. The molecule has 3 rings (SSSR count). The van der Waals surface area contributed by atoms with Gasteiger partial charge in [0.1, 0.15) is 11.3 Å². The largest absolute Gasteiger partial charge is 0.431 e. The van der Waals surface area contributed by atoms with E-state index in [1.165, 1.54) is 36.4 Å². The minimum absolute atomic E-state index is 0.0770. The van der Waals surface area contributed by atoms with Crippen LogP contribution in [0.5, 0.6) is 0 Å². The van der Waals surface area contributed by atoms with Crippen LogP contribution in [0.25, 0.3) is 0 Å². The number of benzene rings is 2. The lowest BCUT2D eigenvalue weighted by Gasteiger charge is -2.31. The third kappa shape index (κ3) is 3.43. The number of carbonyl (C=O) groups is 1. The maximum absolute atomic E-state index is 13.2. The van der Waals surface area contributed by atoms with E-state index >= 15 is 0 Å². The van der Waals surface area contributed by atoms with Crippen molar-refractivity contribution in [3.8, 4) is 0 Å². The van der Waals surface area contributed by atoms with E-state index in [4.69, 9.17) is 11.6 Å². The van der Waals surface area contributed by atoms with Crippen LogP contribution >= 0.6 is 11.6 Å². The number of nitrogens with zero attached hydrogens (tertiary/aromatic N) is 3. The molecule has 0 radical (unpaired) electrons. The highest BCUT2D eigenvalue weighted by atomic mass is 35.5. The second-order valence-electron chi connectivity index (χ2n) is 5.94. The number of halogens is 4. The molecule has 1 N–H and O–H groups in total. The Morgan fingerprint density at radius 1 is 1.21 bits per heavy atom. The van der Waals surface area contributed by atoms with Crippen LogP contribution in [0, 0.1) is 10.1 Å². The third-order valence-electron chi connectivity index (χ3n) is 4.14. The predicted molar refractivity (Wildman–Crippen MR) is 92.7 cm³/mol. The molecule has 1 aliphatic rings. The molecule has 1 heterocycles. The highest BCUT2D eigenvalue weighted by molar-refractivity contribution is 6.30. The predicted octanol–water partition coefficient (Wildman–Crippen LogP) is 3.86. The molecule has 1 atom stereocenters. The number of nitro groups is 1. The molecule has 0 fully saturated rings. The first-order valence-electron chi connectivity index (χ1n) is 7.75. The van der Waals surface area contributed by atoms with Crippen LogP contribution in [0.15, 0.2) is 53.6 Å². The summed E-state index contributed by atoms with van der Waals surface area (Å²) in [6.07, 6.45) is -5.94. The average molecular weight is 414 g/mol. The molecule has 146 valence electrons. The van der Waals surface area contributed by atoms with Crippen molar-refractivity contribution in [3.05, 3.63) is 74.8 Å². The Balaban J connectivity index is 2.13. The lowest BCUT2D eigenvalue weighted by atomic mass is 9.96. The second-order valence-corrected chi connectivity index (χ2v) is 6.37. The van der Waals surface area contributed by atoms with Crippen molar-refractivity contribution in [3.63, 3.8) is 0 Å². The summed E-state index contributed by atoms with van der Waals surface area (Å²) in [6.45, 7) is 0. The van der Waals surface area contributed by atoms with Crippen LogP contribution in [-0.2, 0) is 5.72 Å². The fourth-order valence-corrected chi connectivity index (χ4v) is 2.91. The molecule has 0 bridgehead atoms. The highest BCUT2D eigenvalue weighted by Crippen LogP contribution is 2.41. The summed E-state index contributed by atoms with van der Waals surface area (Å²) in [4.78, 5) is 23.2. The number of para-hydroxylation sites is 1. The first kappa shape index (κ1) is 19.8. The van der Waals surface area contributed by atoms with Gasteiger partial charge in [0.05, 0.1) is 11.3 Å². The summed E-state index contributed by atoms with van der Waals surface area (Å²) < 4.78 is 39.7. The van der Waals surface area contributed by atoms with Crippen molar-refractivity contribution < 1.29 is 28.0 Å². The van der Waals surface area contributed by atoms with Gasteiger partial charge in [-0.3, -0.25) is 14.9 Å². The van der Waals surface area contributed by atoms with Crippen LogP contribution in [0.4, 0.5) is 18.9 Å². The normalized spacial score (nSPS) is 19.5. The summed E-state index contributed by atoms with van der Waals surface area (Å²) in [7, 11) is 0. The Labute approximate surface area is 160 Å². The summed E-state index contributed by atoms with van der Waals surface area (Å²) in [5.41, 5.74) is -5.09. The van der Waals surface area contributed by atoms with Crippen LogP contribution in [0.1, 0.15) is 22.3 Å². The standard InChI is InChI=1S/C17H11ClF3N3O4/c18-11-7-5-10(6-8-11)16(26)9-14(17(19,20)21)22-23(16)15(25)12-3-1-2-4-13(12)24(27)28/h1-8,26H,9H2/t16-/m1/s1. The van der Waals surface area contributed by atoms with Crippen molar-refractivity contribution in [1.29, 1.82) is 0 Å². The molecule has 2 aromatic carbocycles. The highest BCUT2D eigenvalue weighted by Gasteiger charge is 2.53. The third-order valence-corrected chi connectivity index (χ3v) is 4.39. The first-order valence-corrected chi connectivity index (χ1v) is 8.13. The molecule has 1 aliphatic heterocycles. The molecule has 28 heavy (non-hydrogen) atoms. The zero-order chi connectivity index (χ0) is 20.7. The minimum Gasteiger partial charge on any atom is -0.365 e. The van der Waals surface area contributed by atoms with E-state index in [1.807, 2.05) is 0 Å². The maximum atomic E-state index is 13.2. The summed E-state index contributed by atoms with van der Waals surface area (Å²) >= 11 is 5.77. The quantitative estimate of drug-likeness (QED) is 0.610. The molecule has 1 amide bonds. The van der Waals surface area contributed by atoms with Gasteiger partial charge in [-0.05, 0) is 18.2 Å². The van der Waals surface area contributed by atoms with Crippen LogP contribution in [0.3, 0.4) is 0 Å². The number of hydrazone groups is 1. The Hall–Kier alpha value is -2.98. The summed E-state index contributed by atoms with van der Waals surface area (Å²) in [6, 6.07) is 9.86. The second kappa shape index (κ2) is 6.88. The van der Waals surface area contributed by atoms with Crippen molar-refractivity contribution in [2.75, 3.05) is 0 Å². The van der Waals surface area contributed by atoms with E-state index in [0.717, 1.165) is 12.1 Å². The van der Waals surface area contributed by atoms with E-state index < -0.39 is 46.1 Å². The van der Waals surface area contributed by atoms with Gasteiger partial charge in [-0.15, -0.1) is 0 Å². The molecule has 0 unspecified atom stereocenters. The number of carbonyl (C=O) groups excluding carboxylic acids is 1. The summed E-state index contributed by atoms with van der Waals surface area (Å²) in [5, 5.41) is 25.9. The SMILES string of the molecule is O=C(c1ccccc1[N+](=O)[O-])N1N=C(C(F)(F)F)C[C@@]1(O)c1ccc(Cl)cc1. The molecule has 11 heteroatoms. The molecule has 0 aromatic heterocycles. The van der Waals surface area contributed by atoms with Gasteiger partial charge in [-0.2, -0.15) is 23.3 Å². The van der Waals surface area contributed by atoms with Gasteiger partial charge in [0.15, 0.2) is 5.72 Å². The maximum Gasteiger partial charge on any atom is 0.431 e. The molecule has 0 spiro atoms. The number of hydrogen-bond acceptors (Lipinski definition) is 5. The zero-order valence-corrected chi connectivity index (χ0v) is 14.6. The van der Waals surface area contributed by atoms with E-state index in [2.05, 4.69) is 5.10 Å². The van der Waals surface area contributed by atoms with Crippen molar-refractivity contribution in [2.24, 2.45) is 5.10 Å². The Morgan fingerprint density at radius 3 is 2.39 bits per heavy atom. The monoisotopic (exact) mass is 413 g/mol. The van der Waals surface area contributed by atoms with Crippen molar-refractivity contribution in [1.82, 2.24) is 5.01 Å². The first-order chi connectivity index (χ1) is 13.0. The molecule has 0 saturated carbocycles. The molecular formula is C17H11ClF3N3O4. The van der Waals surface area contributed by atoms with E-state index in [1.54, 1.807) is 0 Å². The topological polar surface area (TPSA) is 96.0 Å². The number of rotatable bonds is 3. The van der Waals surface area contributed by atoms with Gasteiger partial charge in [-0.25, -0.2) is 0 Å². The Morgan fingerprint density at radius 2 is 1.82 bits per heavy atom. The lowest BCUT2D eigenvalue weighted by molar-refractivity contribution is -0.385. The minimum atomic E-state index is -4.90. The number of amides is 1. The van der Waals surface area contributed by atoms with E-state index in [-0.39, 0.29) is 15.6 Å². The van der Waals surface area contributed by atoms with Crippen molar-refractivity contribution in [2.45, 2.75) is 18.3 Å². The van der Waals surface area contributed by atoms with Crippen LogP contribution in [0.2, 0.25) is 5.02 Å². The van der Waals surface area contributed by atoms with E-state index in [9.17, 15) is 33.2 Å². The molecule has 7 nitrogen and oxygen atoms in total. The van der Waals surface area contributed by atoms with Gasteiger partial charge in [0.2, 0.25) is 0 Å². The zero-order valence-electron chi connectivity index (χ0n) is 13.9. The van der Waals surface area contributed by atoms with E-state index in [0.29, 0.717) is 0 Å². The summed E-state index contributed by atoms with van der Waals surface area (Å²) in [5.74, 6) is -1.25. The van der Waals surface area contributed by atoms with Crippen LogP contribution < -0.4 is 0 Å². The molecule has 2 aromatic rings. The fraction of sp³-hybridized carbons (Fsp3) is 0.176. The number of aliphatic hydroxyl groups is 1. The van der Waals surface area contributed by atoms with Crippen molar-refractivity contribution >= 4 is 28.9 Å².